The van der Waals surface area contributed by atoms with Gasteiger partial charge in [-0.2, -0.15) is 15.0 Å². The summed E-state index contributed by atoms with van der Waals surface area (Å²) in [6.07, 6.45) is 6.29. The van der Waals surface area contributed by atoms with Gasteiger partial charge in [0.05, 0.1) is 33.0 Å². The fourth-order valence-corrected chi connectivity index (χ4v) is 3.96. The van der Waals surface area contributed by atoms with E-state index in [0.29, 0.717) is 75.4 Å². The number of rotatable bonds is 17. The van der Waals surface area contributed by atoms with Crippen molar-refractivity contribution < 1.29 is 19.4 Å². The van der Waals surface area contributed by atoms with Crippen LogP contribution < -0.4 is 27.0 Å². The maximum atomic E-state index is 12.4. The highest BCUT2D eigenvalue weighted by Crippen LogP contribution is 2.24. The summed E-state index contributed by atoms with van der Waals surface area (Å²) in [4.78, 5) is 25.7. The molecule has 1 fully saturated rings. The molecule has 1 heterocycles. The Morgan fingerprint density at radius 3 is 2.27 bits per heavy atom. The van der Waals surface area contributed by atoms with E-state index >= 15 is 0 Å². The van der Waals surface area contributed by atoms with Crippen LogP contribution in [0.4, 0.5) is 23.5 Å². The van der Waals surface area contributed by atoms with Crippen molar-refractivity contribution in [1.29, 1.82) is 0 Å². The predicted octanol–water partition coefficient (Wildman–Crippen LogP) is 1.73. The number of ether oxygens (including phenoxy) is 2. The zero-order valence-corrected chi connectivity index (χ0v) is 21.4. The van der Waals surface area contributed by atoms with Gasteiger partial charge in [0.1, 0.15) is 0 Å². The molecule has 0 saturated heterocycles. The van der Waals surface area contributed by atoms with Crippen molar-refractivity contribution in [2.75, 3.05) is 75.2 Å². The number of nitrogens with two attached hydrogens (primary N) is 1. The summed E-state index contributed by atoms with van der Waals surface area (Å²) in [5.41, 5.74) is 6.62. The van der Waals surface area contributed by atoms with Crippen LogP contribution in [0.3, 0.4) is 0 Å². The van der Waals surface area contributed by atoms with E-state index in [1.807, 2.05) is 0 Å². The lowest BCUT2D eigenvalue weighted by molar-refractivity contribution is 0.0511. The van der Waals surface area contributed by atoms with Crippen molar-refractivity contribution in [3.05, 3.63) is 29.8 Å². The largest absolute Gasteiger partial charge is 0.395 e. The third kappa shape index (κ3) is 10.8. The number of nitrogens with one attached hydrogen (secondary N) is 4. The highest BCUT2D eigenvalue weighted by molar-refractivity contribution is 5.94. The second-order valence-corrected chi connectivity index (χ2v) is 8.81. The Kier molecular flexibility index (Phi) is 12.8. The topological polar surface area (TPSA) is 169 Å². The lowest BCUT2D eigenvalue weighted by Crippen LogP contribution is -2.27. The average Bonchev–Trinajstić information content (AvgIpc) is 2.93. The fourth-order valence-electron chi connectivity index (χ4n) is 3.96. The Morgan fingerprint density at radius 2 is 1.57 bits per heavy atom. The maximum Gasteiger partial charge on any atom is 0.251 e. The minimum atomic E-state index is -0.181. The van der Waals surface area contributed by atoms with Crippen molar-refractivity contribution in [3.8, 4) is 0 Å². The predicted molar refractivity (Wildman–Crippen MR) is 143 cm³/mol. The van der Waals surface area contributed by atoms with Crippen LogP contribution in [0.1, 0.15) is 42.5 Å². The molecule has 0 atom stereocenters. The summed E-state index contributed by atoms with van der Waals surface area (Å²) >= 11 is 0. The number of carbonyl (C=O) groups is 1. The first kappa shape index (κ1) is 28.5. The number of aliphatic hydroxyl groups excluding tert-OH is 1. The van der Waals surface area contributed by atoms with E-state index < -0.39 is 0 Å². The van der Waals surface area contributed by atoms with E-state index in [4.69, 9.17) is 20.3 Å². The van der Waals surface area contributed by atoms with Crippen LogP contribution in [0.5, 0.6) is 0 Å². The molecule has 204 valence electrons. The molecule has 1 amide bonds. The lowest BCUT2D eigenvalue weighted by atomic mass is 9.89. The molecule has 12 nitrogen and oxygen atoms in total. The van der Waals surface area contributed by atoms with E-state index in [0.717, 1.165) is 12.2 Å². The second-order valence-electron chi connectivity index (χ2n) is 8.81. The molecule has 1 aliphatic carbocycles. The summed E-state index contributed by atoms with van der Waals surface area (Å²) in [5.74, 6) is 1.66. The van der Waals surface area contributed by atoms with Gasteiger partial charge in [-0.15, -0.1) is 0 Å². The van der Waals surface area contributed by atoms with Gasteiger partial charge in [0.25, 0.3) is 5.91 Å². The van der Waals surface area contributed by atoms with Crippen molar-refractivity contribution in [2.45, 2.75) is 32.1 Å². The summed E-state index contributed by atoms with van der Waals surface area (Å²) < 4.78 is 10.6. The standard InChI is InChI=1S/C25H40N8O4/c26-10-14-36-16-17-37-15-12-27-22(35)20-6-8-21(9-7-20)30-25-32-23(28-11-13-34)31-24(33-25)29-18-19-4-2-1-3-5-19/h6-9,19,34H,1-5,10-18,26H2,(H,27,35)(H3,28,29,30,31,32,33). The molecule has 12 heteroatoms. The summed E-state index contributed by atoms with van der Waals surface area (Å²) in [5, 5.41) is 21.5. The van der Waals surface area contributed by atoms with Gasteiger partial charge in [0.15, 0.2) is 0 Å². The lowest BCUT2D eigenvalue weighted by Gasteiger charge is -2.21. The first-order chi connectivity index (χ1) is 18.2. The van der Waals surface area contributed by atoms with Gasteiger partial charge < -0.3 is 41.6 Å². The molecule has 1 saturated carbocycles. The van der Waals surface area contributed by atoms with E-state index in [1.165, 1.54) is 32.1 Å². The van der Waals surface area contributed by atoms with E-state index in [1.54, 1.807) is 24.3 Å². The van der Waals surface area contributed by atoms with Crippen molar-refractivity contribution in [2.24, 2.45) is 11.7 Å². The van der Waals surface area contributed by atoms with Crippen LogP contribution in [-0.2, 0) is 9.47 Å². The van der Waals surface area contributed by atoms with Gasteiger partial charge in [0.2, 0.25) is 17.8 Å². The van der Waals surface area contributed by atoms with Crippen LogP contribution in [0.15, 0.2) is 24.3 Å². The quantitative estimate of drug-likeness (QED) is 0.169. The average molecular weight is 517 g/mol. The Labute approximate surface area is 218 Å². The molecular formula is C25H40N8O4. The minimum absolute atomic E-state index is 0.0296. The molecule has 1 aromatic carbocycles. The van der Waals surface area contributed by atoms with Crippen LogP contribution in [0, 0.1) is 5.92 Å². The molecule has 1 aliphatic rings. The summed E-state index contributed by atoms with van der Waals surface area (Å²) in [7, 11) is 0. The third-order valence-corrected chi connectivity index (χ3v) is 5.87. The van der Waals surface area contributed by atoms with Crippen molar-refractivity contribution in [1.82, 2.24) is 20.3 Å². The van der Waals surface area contributed by atoms with Crippen LogP contribution in [-0.4, -0.2) is 85.2 Å². The molecule has 0 unspecified atom stereocenters. The number of aromatic nitrogens is 3. The normalized spacial score (nSPS) is 13.8. The number of amides is 1. The Morgan fingerprint density at radius 1 is 0.892 bits per heavy atom. The highest BCUT2D eigenvalue weighted by Gasteiger charge is 2.14. The molecule has 3 rings (SSSR count). The van der Waals surface area contributed by atoms with Crippen LogP contribution >= 0.6 is 0 Å². The Balaban J connectivity index is 1.50. The van der Waals surface area contributed by atoms with E-state index in [9.17, 15) is 4.79 Å². The van der Waals surface area contributed by atoms with Crippen LogP contribution in [0.2, 0.25) is 0 Å². The molecule has 0 aliphatic heterocycles. The number of benzene rings is 1. The number of nitrogens with zero attached hydrogens (tertiary/aromatic N) is 3. The highest BCUT2D eigenvalue weighted by atomic mass is 16.5. The van der Waals surface area contributed by atoms with Gasteiger partial charge in [-0.1, -0.05) is 19.3 Å². The monoisotopic (exact) mass is 516 g/mol. The van der Waals surface area contributed by atoms with Gasteiger partial charge in [0, 0.05) is 37.4 Å². The SMILES string of the molecule is NCCOCCOCCNC(=O)c1ccc(Nc2nc(NCCO)nc(NCC3CCCCC3)n2)cc1. The number of hydrogen-bond acceptors (Lipinski definition) is 11. The molecule has 37 heavy (non-hydrogen) atoms. The maximum absolute atomic E-state index is 12.4. The molecule has 0 radical (unpaired) electrons. The van der Waals surface area contributed by atoms with Crippen LogP contribution in [0.25, 0.3) is 0 Å². The second kappa shape index (κ2) is 16.6. The van der Waals surface area contributed by atoms with Crippen molar-refractivity contribution in [3.63, 3.8) is 0 Å². The van der Waals surface area contributed by atoms with E-state index in [2.05, 4.69) is 36.2 Å². The number of carbonyl (C=O) groups excluding carboxylic acids is 1. The van der Waals surface area contributed by atoms with Gasteiger partial charge >= 0.3 is 0 Å². The summed E-state index contributed by atoms with van der Waals surface area (Å²) in [6, 6.07) is 7.04. The fraction of sp³-hybridized carbons (Fsp3) is 0.600. The summed E-state index contributed by atoms with van der Waals surface area (Å²) in [6.45, 7) is 3.88. The van der Waals surface area contributed by atoms with E-state index in [-0.39, 0.29) is 12.5 Å². The molecule has 0 spiro atoms. The Hall–Kier alpha value is -3.06. The number of hydrogen-bond donors (Lipinski definition) is 6. The zero-order chi connectivity index (χ0) is 26.1. The first-order valence-electron chi connectivity index (χ1n) is 13.0. The third-order valence-electron chi connectivity index (χ3n) is 5.87. The number of aliphatic hydroxyl groups is 1. The Bertz CT molecular complexity index is 925. The molecule has 7 N–H and O–H groups in total. The van der Waals surface area contributed by atoms with Gasteiger partial charge in [-0.25, -0.2) is 0 Å². The van der Waals surface area contributed by atoms with Gasteiger partial charge in [-0.3, -0.25) is 4.79 Å². The smallest absolute Gasteiger partial charge is 0.251 e. The molecule has 0 bridgehead atoms. The zero-order valence-electron chi connectivity index (χ0n) is 21.4. The molecular weight excluding hydrogens is 476 g/mol. The number of anilines is 4. The molecule has 2 aromatic rings. The minimum Gasteiger partial charge on any atom is -0.395 e. The molecule has 1 aromatic heterocycles. The van der Waals surface area contributed by atoms with Crippen molar-refractivity contribution >= 4 is 29.4 Å². The van der Waals surface area contributed by atoms with Gasteiger partial charge in [-0.05, 0) is 43.0 Å². The first-order valence-corrected chi connectivity index (χ1v) is 13.0.